The number of aliphatic hydroxyl groups excluding tert-OH is 1. The van der Waals surface area contributed by atoms with Crippen molar-refractivity contribution >= 4 is 20.2 Å². The van der Waals surface area contributed by atoms with E-state index in [4.69, 9.17) is 20.5 Å². The molecule has 0 aliphatic rings. The van der Waals surface area contributed by atoms with Gasteiger partial charge in [0.2, 0.25) is 0 Å². The van der Waals surface area contributed by atoms with Gasteiger partial charge in [-0.1, -0.05) is 241 Å². The molecule has 2 unspecified atom stereocenters. The number of hydrogen-bond acceptors (Lipinski definition) is 5. The van der Waals surface area contributed by atoms with Crippen molar-refractivity contribution in [2.24, 2.45) is 0 Å². The third-order valence-electron chi connectivity index (χ3n) is 13.1. The maximum atomic E-state index is 11.2. The van der Waals surface area contributed by atoms with E-state index in [0.717, 1.165) is 39.8 Å². The number of ether oxygens (including phenoxy) is 1. The fourth-order valence-corrected chi connectivity index (χ4v) is 8.73. The quantitative estimate of drug-likeness (QED) is 0.0681. The van der Waals surface area contributed by atoms with Crippen LogP contribution in [0.25, 0.3) is 10.6 Å². The maximum Gasteiger partial charge on any atom is 3.00 e. The summed E-state index contributed by atoms with van der Waals surface area (Å²) < 4.78 is 5.40. The molecular formula is C68H117N3O4SiYZn+. The zero-order valence-corrected chi connectivity index (χ0v) is 61.2. The Morgan fingerprint density at radius 3 is 1.31 bits per heavy atom. The van der Waals surface area contributed by atoms with Crippen LogP contribution in [-0.4, -0.2) is 67.5 Å². The molecule has 0 heterocycles. The molecule has 0 fully saturated rings. The number of aliphatic hydroxyl groups is 1. The minimum Gasteiger partial charge on any atom is -0.681 e. The van der Waals surface area contributed by atoms with Crippen LogP contribution in [-0.2, 0) is 86.3 Å². The van der Waals surface area contributed by atoms with E-state index in [1.54, 1.807) is 21.0 Å². The van der Waals surface area contributed by atoms with Crippen LogP contribution >= 0.6 is 0 Å². The number of phenols is 2. The van der Waals surface area contributed by atoms with Crippen LogP contribution in [0.3, 0.4) is 0 Å². The molecule has 0 aliphatic carbocycles. The molecule has 436 valence electrons. The van der Waals surface area contributed by atoms with E-state index in [1.807, 2.05) is 6.07 Å². The van der Waals surface area contributed by atoms with Gasteiger partial charge in [-0.2, -0.15) is 6.04 Å². The van der Waals surface area contributed by atoms with Gasteiger partial charge >= 0.3 is 52.2 Å². The average Bonchev–Trinajstić information content (AvgIpc) is 3.25. The Hall–Kier alpha value is -2.10. The average molecular weight is 1220 g/mol. The first kappa shape index (κ1) is 82.4. The van der Waals surface area contributed by atoms with Crippen molar-refractivity contribution in [3.05, 3.63) is 141 Å². The minimum atomic E-state index is -0.261. The van der Waals surface area contributed by atoms with E-state index < -0.39 is 0 Å². The van der Waals surface area contributed by atoms with Crippen LogP contribution in [0, 0.1) is 21.3 Å². The van der Waals surface area contributed by atoms with Crippen LogP contribution < -0.4 is 0 Å². The molecule has 0 amide bonds. The normalized spacial score (nSPS) is 12.3. The Labute approximate surface area is 522 Å². The summed E-state index contributed by atoms with van der Waals surface area (Å²) in [5, 5.41) is 40.9. The molecule has 0 radical (unpaired) electrons. The molecule has 4 aromatic rings. The number of rotatable bonds is 18. The second-order valence-corrected chi connectivity index (χ2v) is 29.3. The molecule has 10 heteroatoms. The first-order valence-electron chi connectivity index (χ1n) is 28.0. The molecule has 0 saturated heterocycles. The Morgan fingerprint density at radius 2 is 1.00 bits per heavy atom. The Morgan fingerprint density at radius 1 is 0.628 bits per heavy atom. The van der Waals surface area contributed by atoms with Crippen molar-refractivity contribution < 1.29 is 72.2 Å². The number of phenolic OH excluding ortho intramolecular Hbond substituents is 2. The first-order valence-corrected chi connectivity index (χ1v) is 31.2. The van der Waals surface area contributed by atoms with Crippen molar-refractivity contribution in [2.45, 2.75) is 257 Å². The number of aromatic hydroxyl groups is 2. The molecule has 78 heavy (non-hydrogen) atoms. The molecule has 0 bridgehead atoms. The maximum absolute atomic E-state index is 11.2. The molecule has 4 aromatic carbocycles. The summed E-state index contributed by atoms with van der Waals surface area (Å²) in [5.41, 5.74) is 13.8. The van der Waals surface area contributed by atoms with Gasteiger partial charge in [-0.3, -0.25) is 4.90 Å². The third-order valence-corrected chi connectivity index (χ3v) is 14.2. The molecule has 4 rings (SSSR count). The molecule has 0 aliphatic heterocycles. The number of methoxy groups -OCH3 is 1. The van der Waals surface area contributed by atoms with Gasteiger partial charge in [-0.25, -0.2) is 0 Å². The Balaban J connectivity index is -0.000000582. The predicted molar refractivity (Wildman–Crippen MR) is 341 cm³/mol. The third kappa shape index (κ3) is 28.3. The molecule has 0 spiro atoms. The van der Waals surface area contributed by atoms with Crippen molar-refractivity contribution in [1.82, 2.24) is 4.90 Å². The zero-order valence-electron chi connectivity index (χ0n) is 54.2. The summed E-state index contributed by atoms with van der Waals surface area (Å²) in [7, 11) is 1.44. The van der Waals surface area contributed by atoms with Crippen LogP contribution in [0.4, 0.5) is 11.4 Å². The van der Waals surface area contributed by atoms with Gasteiger partial charge in [0.05, 0.1) is 6.61 Å². The van der Waals surface area contributed by atoms with Gasteiger partial charge in [0.25, 0.3) is 0 Å². The van der Waals surface area contributed by atoms with E-state index in [1.165, 1.54) is 39.7 Å². The summed E-state index contributed by atoms with van der Waals surface area (Å²) in [4.78, 5) is 2.26. The fraction of sp³-hybridized carbons (Fsp3) is 0.618. The first-order chi connectivity index (χ1) is 34.0. The molecule has 7 nitrogen and oxygen atoms in total. The van der Waals surface area contributed by atoms with Crippen molar-refractivity contribution in [1.29, 1.82) is 0 Å². The fourth-order valence-electron chi connectivity index (χ4n) is 8.73. The molecule has 2 atom stereocenters. The molecular weight excluding hydrogens is 1110 g/mol. The van der Waals surface area contributed by atoms with Crippen molar-refractivity contribution in [2.75, 3.05) is 20.3 Å². The second kappa shape index (κ2) is 37.9. The predicted octanol–water partition coefficient (Wildman–Crippen LogP) is 19.8. The smallest absolute Gasteiger partial charge is 0.681 e. The summed E-state index contributed by atoms with van der Waals surface area (Å²) in [5.74, 6) is 2.58. The molecule has 3 N–H and O–H groups in total. The summed E-state index contributed by atoms with van der Waals surface area (Å²) >= 11 is 0. The number of para-hydroxylation sites is 2. The monoisotopic (exact) mass is 1220 g/mol. The van der Waals surface area contributed by atoms with Crippen molar-refractivity contribution in [3.8, 4) is 11.5 Å². The van der Waals surface area contributed by atoms with Crippen LogP contribution in [0.15, 0.2) is 60.7 Å². The van der Waals surface area contributed by atoms with Crippen LogP contribution in [0.5, 0.6) is 11.5 Å². The molecule has 0 saturated carbocycles. The van der Waals surface area contributed by atoms with E-state index in [-0.39, 0.29) is 110 Å². The van der Waals surface area contributed by atoms with E-state index in [9.17, 15) is 10.2 Å². The van der Waals surface area contributed by atoms with Gasteiger partial charge in [0.1, 0.15) is 11.5 Å². The summed E-state index contributed by atoms with van der Waals surface area (Å²) in [6.07, 6.45) is 0.786. The topological polar surface area (TPSA) is 101 Å². The number of benzene rings is 4. The number of nitrogens with zero attached hydrogens (tertiary/aromatic N) is 3. The van der Waals surface area contributed by atoms with E-state index in [2.05, 4.69) is 218 Å². The standard InChI is InChI=1S/C30H47NO3.C29H44N2.C4H11Si.C3H8O.CH4.CH3.Y.Zn/c1-20-14-21(27(33)25(15-20)30(8,9)10)18-31(12-13-34-11)19-23-24(29(5,6)7)16-22(17-26(23)32)28(2,3)4;1-18(2)24-13-11-14-25(19(3)4)28(24)30-22(9)17-23(10)31-29-26(20(5)6)15-12-16-27(29)21(7)8;1-4-5(2)3;1-3(2)4;;;;/h14-17,32-33H,12-13,18-19H2,1-11H3;11-16,18-23H,17H2,1-10H3;5H,1,4H2,2-3H3;3-4H,1-2H3;1H4;1H3;;/q;-2;-1;;;-1;+3;+2. The van der Waals surface area contributed by atoms with Gasteiger partial charge < -0.3 is 45.0 Å². The van der Waals surface area contributed by atoms with Gasteiger partial charge in [0.15, 0.2) is 0 Å². The summed E-state index contributed by atoms with van der Waals surface area (Å²) in [6.45, 7) is 58.3. The van der Waals surface area contributed by atoms with Crippen LogP contribution in [0.2, 0.25) is 19.1 Å². The van der Waals surface area contributed by atoms with Gasteiger partial charge in [-0.15, -0.1) is 23.5 Å². The van der Waals surface area contributed by atoms with Crippen molar-refractivity contribution in [3.63, 3.8) is 0 Å². The molecule has 0 aromatic heterocycles. The Kier molecular flexibility index (Phi) is 40.0. The van der Waals surface area contributed by atoms with E-state index in [0.29, 0.717) is 61.4 Å². The zero-order chi connectivity index (χ0) is 57.2. The van der Waals surface area contributed by atoms with Gasteiger partial charge in [0, 0.05) is 52.8 Å². The second-order valence-electron chi connectivity index (χ2n) is 26.0. The number of hydrogen-bond donors (Lipinski definition) is 3. The summed E-state index contributed by atoms with van der Waals surface area (Å²) in [6, 6.07) is 23.3. The largest absolute Gasteiger partial charge is 3.00 e. The minimum absolute atomic E-state index is 0. The number of aryl methyl sites for hydroxylation is 1. The SMILES string of the molecule is C.CC(C)O.CC(CC(C)[N-]c1c(C(C)C)cccc1C(C)C)[N-]c1c(C(C)C)cccc1C(C)C.COCCN(Cc1cc(C)cc(C(C)(C)C)c1O)Cc1c(O)cc(C(C)(C)C)cc1C(C)(C)C.[CH2-]C[SiH](C)C.[CH3-].[Y+3].[Zn+2]. The van der Waals surface area contributed by atoms with Gasteiger partial charge in [-0.05, 0) is 83.4 Å². The van der Waals surface area contributed by atoms with E-state index >= 15 is 0 Å². The Bertz CT molecular complexity index is 2150. The van der Waals surface area contributed by atoms with Crippen LogP contribution in [0.1, 0.15) is 239 Å².